The third-order valence-corrected chi connectivity index (χ3v) is 5.63. The second-order valence-corrected chi connectivity index (χ2v) is 7.51. The highest BCUT2D eigenvalue weighted by Crippen LogP contribution is 2.40. The molecule has 2 aromatic rings. The Bertz CT molecular complexity index is 741. The number of benzene rings is 1. The second-order valence-electron chi connectivity index (χ2n) is 7.51. The van der Waals surface area contributed by atoms with Crippen molar-refractivity contribution in [3.05, 3.63) is 47.3 Å². The number of nitrogens with zero attached hydrogens (tertiary/aromatic N) is 2. The van der Waals surface area contributed by atoms with Crippen molar-refractivity contribution in [2.45, 2.75) is 44.4 Å². The maximum atomic E-state index is 12.6. The molecule has 0 spiro atoms. The average molecular weight is 354 g/mol. The minimum absolute atomic E-state index is 0.0225. The van der Waals surface area contributed by atoms with E-state index in [1.54, 1.807) is 7.11 Å². The number of hydrogen-bond donors (Lipinski definition) is 0. The molecule has 0 N–H and O–H groups in total. The number of ether oxygens (including phenoxy) is 1. The van der Waals surface area contributed by atoms with Crippen molar-refractivity contribution in [1.29, 1.82) is 0 Å². The van der Waals surface area contributed by atoms with Gasteiger partial charge in [0.15, 0.2) is 5.69 Å². The van der Waals surface area contributed by atoms with Gasteiger partial charge in [0.05, 0.1) is 7.11 Å². The molecule has 0 unspecified atom stereocenters. The number of likely N-dealkylation sites (tertiary alicyclic amines) is 1. The van der Waals surface area contributed by atoms with Gasteiger partial charge in [0, 0.05) is 25.1 Å². The lowest BCUT2D eigenvalue weighted by atomic mass is 9.90. The monoisotopic (exact) mass is 354 g/mol. The maximum Gasteiger partial charge on any atom is 0.276 e. The molecule has 5 heteroatoms. The lowest BCUT2D eigenvalue weighted by Crippen LogP contribution is -2.38. The molecule has 1 saturated carbocycles. The molecule has 1 aliphatic carbocycles. The first-order valence-electron chi connectivity index (χ1n) is 9.62. The van der Waals surface area contributed by atoms with E-state index in [9.17, 15) is 4.79 Å². The van der Waals surface area contributed by atoms with Crippen LogP contribution >= 0.6 is 0 Å². The second kappa shape index (κ2) is 7.52. The van der Waals surface area contributed by atoms with E-state index >= 15 is 0 Å². The molecule has 1 aliphatic heterocycles. The van der Waals surface area contributed by atoms with E-state index < -0.39 is 0 Å². The Labute approximate surface area is 154 Å². The largest absolute Gasteiger partial charge is 0.497 e. The van der Waals surface area contributed by atoms with Gasteiger partial charge >= 0.3 is 0 Å². The van der Waals surface area contributed by atoms with E-state index in [0.717, 1.165) is 56.7 Å². The van der Waals surface area contributed by atoms with Crippen LogP contribution in [0.15, 0.2) is 34.9 Å². The number of methoxy groups -OCH3 is 1. The van der Waals surface area contributed by atoms with Gasteiger partial charge in [-0.1, -0.05) is 17.3 Å². The summed E-state index contributed by atoms with van der Waals surface area (Å²) in [5.41, 5.74) is 1.82. The lowest BCUT2D eigenvalue weighted by molar-refractivity contribution is 0.0676. The van der Waals surface area contributed by atoms with Crippen LogP contribution in [0.2, 0.25) is 0 Å². The van der Waals surface area contributed by atoms with Crippen LogP contribution in [0.1, 0.15) is 59.8 Å². The number of aryl methyl sites for hydroxylation is 1. The zero-order valence-electron chi connectivity index (χ0n) is 15.3. The zero-order chi connectivity index (χ0) is 17.9. The van der Waals surface area contributed by atoms with E-state index in [1.807, 2.05) is 23.1 Å². The Morgan fingerprint density at radius 2 is 1.92 bits per heavy atom. The number of piperidine rings is 1. The van der Waals surface area contributed by atoms with E-state index in [2.05, 4.69) is 17.3 Å². The number of aromatic nitrogens is 1. The molecule has 1 aromatic heterocycles. The van der Waals surface area contributed by atoms with Gasteiger partial charge in [0.2, 0.25) is 0 Å². The molecule has 2 aliphatic rings. The summed E-state index contributed by atoms with van der Waals surface area (Å²) in [7, 11) is 1.69. The summed E-state index contributed by atoms with van der Waals surface area (Å²) in [6.45, 7) is 1.63. The zero-order valence-corrected chi connectivity index (χ0v) is 15.3. The fourth-order valence-corrected chi connectivity index (χ4v) is 3.70. The summed E-state index contributed by atoms with van der Waals surface area (Å²) < 4.78 is 10.5. The molecule has 2 heterocycles. The first-order chi connectivity index (χ1) is 12.7. The third kappa shape index (κ3) is 3.92. The summed E-state index contributed by atoms with van der Waals surface area (Å²) in [4.78, 5) is 14.5. The quantitative estimate of drug-likeness (QED) is 0.785. The number of carbonyl (C=O) groups excluding carboxylic acids is 1. The lowest BCUT2D eigenvalue weighted by Gasteiger charge is -2.31. The molecule has 138 valence electrons. The molecule has 0 bridgehead atoms. The Hall–Kier alpha value is -2.30. The Kier molecular flexibility index (Phi) is 4.96. The topological polar surface area (TPSA) is 55.6 Å². The van der Waals surface area contributed by atoms with Crippen LogP contribution in [0, 0.1) is 5.92 Å². The van der Waals surface area contributed by atoms with E-state index in [0.29, 0.717) is 17.5 Å². The average Bonchev–Trinajstić information content (AvgIpc) is 3.43. The molecule has 5 nitrogen and oxygen atoms in total. The molecule has 1 aromatic carbocycles. The minimum Gasteiger partial charge on any atom is -0.497 e. The van der Waals surface area contributed by atoms with Crippen LogP contribution in [0.4, 0.5) is 0 Å². The van der Waals surface area contributed by atoms with Gasteiger partial charge in [-0.3, -0.25) is 4.79 Å². The summed E-state index contributed by atoms with van der Waals surface area (Å²) >= 11 is 0. The van der Waals surface area contributed by atoms with Crippen LogP contribution in [0.3, 0.4) is 0 Å². The Balaban J connectivity index is 1.24. The fraction of sp³-hybridized carbons (Fsp3) is 0.524. The SMILES string of the molecule is COc1ccc(CCC2CCN(C(=O)c3cc(C4CC4)on3)CC2)cc1. The van der Waals surface area contributed by atoms with Crippen LogP contribution in [-0.2, 0) is 6.42 Å². The highest BCUT2D eigenvalue weighted by Gasteiger charge is 2.30. The molecule has 4 rings (SSSR count). The van der Waals surface area contributed by atoms with Gasteiger partial charge in [0.25, 0.3) is 5.91 Å². The molecule has 26 heavy (non-hydrogen) atoms. The smallest absolute Gasteiger partial charge is 0.276 e. The first-order valence-corrected chi connectivity index (χ1v) is 9.62. The maximum absolute atomic E-state index is 12.6. The highest BCUT2D eigenvalue weighted by atomic mass is 16.5. The minimum atomic E-state index is 0.0225. The first kappa shape index (κ1) is 17.1. The van der Waals surface area contributed by atoms with Gasteiger partial charge in [-0.15, -0.1) is 0 Å². The highest BCUT2D eigenvalue weighted by molar-refractivity contribution is 5.92. The summed E-state index contributed by atoms with van der Waals surface area (Å²) in [5, 5.41) is 3.99. The number of amides is 1. The van der Waals surface area contributed by atoms with E-state index in [4.69, 9.17) is 9.26 Å². The molecule has 1 amide bonds. The molecule has 0 radical (unpaired) electrons. The normalized spacial score (nSPS) is 18.1. The summed E-state index contributed by atoms with van der Waals surface area (Å²) in [6.07, 6.45) is 6.69. The molecule has 2 fully saturated rings. The predicted molar refractivity (Wildman–Crippen MR) is 98.4 cm³/mol. The van der Waals surface area contributed by atoms with Crippen molar-refractivity contribution in [2.24, 2.45) is 5.92 Å². The van der Waals surface area contributed by atoms with Crippen LogP contribution < -0.4 is 4.74 Å². The Morgan fingerprint density at radius 1 is 1.19 bits per heavy atom. The fourth-order valence-electron chi connectivity index (χ4n) is 3.70. The van der Waals surface area contributed by atoms with Crippen LogP contribution in [0.25, 0.3) is 0 Å². The van der Waals surface area contributed by atoms with Gasteiger partial charge < -0.3 is 14.2 Å². The van der Waals surface area contributed by atoms with Crippen molar-refractivity contribution in [2.75, 3.05) is 20.2 Å². The van der Waals surface area contributed by atoms with Crippen molar-refractivity contribution >= 4 is 5.91 Å². The van der Waals surface area contributed by atoms with Crippen molar-refractivity contribution < 1.29 is 14.1 Å². The number of rotatable bonds is 6. The molecular weight excluding hydrogens is 328 g/mol. The van der Waals surface area contributed by atoms with E-state index in [1.165, 1.54) is 12.0 Å². The van der Waals surface area contributed by atoms with Gasteiger partial charge in [-0.25, -0.2) is 0 Å². The van der Waals surface area contributed by atoms with Crippen LogP contribution in [-0.4, -0.2) is 36.2 Å². The molecular formula is C21H26N2O3. The predicted octanol–water partition coefficient (Wildman–Crippen LogP) is 4.05. The molecule has 1 saturated heterocycles. The summed E-state index contributed by atoms with van der Waals surface area (Å²) in [5.74, 6) is 2.98. The third-order valence-electron chi connectivity index (χ3n) is 5.63. The van der Waals surface area contributed by atoms with Crippen LogP contribution in [0.5, 0.6) is 5.75 Å². The summed E-state index contributed by atoms with van der Waals surface area (Å²) in [6, 6.07) is 10.2. The number of carbonyl (C=O) groups is 1. The van der Waals surface area contributed by atoms with Crippen molar-refractivity contribution in [3.8, 4) is 5.75 Å². The molecule has 0 atom stereocenters. The Morgan fingerprint density at radius 3 is 2.58 bits per heavy atom. The van der Waals surface area contributed by atoms with Crippen molar-refractivity contribution in [1.82, 2.24) is 10.1 Å². The van der Waals surface area contributed by atoms with Crippen molar-refractivity contribution in [3.63, 3.8) is 0 Å². The van der Waals surface area contributed by atoms with E-state index in [-0.39, 0.29) is 5.91 Å². The van der Waals surface area contributed by atoms with Gasteiger partial charge in [-0.2, -0.15) is 0 Å². The standard InChI is InChI=1S/C21H26N2O3/c1-25-18-8-4-15(5-9-18)2-3-16-10-12-23(13-11-16)21(24)19-14-20(26-22-19)17-6-7-17/h4-5,8-9,14,16-17H,2-3,6-7,10-13H2,1H3. The number of hydrogen-bond acceptors (Lipinski definition) is 4. The van der Waals surface area contributed by atoms with Gasteiger partial charge in [-0.05, 0) is 62.1 Å². The van der Waals surface area contributed by atoms with Gasteiger partial charge in [0.1, 0.15) is 11.5 Å².